The van der Waals surface area contributed by atoms with Crippen molar-refractivity contribution in [3.05, 3.63) is 59.2 Å². The van der Waals surface area contributed by atoms with Crippen LogP contribution in [0.1, 0.15) is 22.6 Å². The van der Waals surface area contributed by atoms with Gasteiger partial charge in [-0.2, -0.15) is 0 Å². The second-order valence-corrected chi connectivity index (χ2v) is 4.85. The first-order chi connectivity index (χ1) is 8.81. The summed E-state index contributed by atoms with van der Waals surface area (Å²) in [5.41, 5.74) is 4.03. The number of fused-ring (bicyclic) bond motifs is 1. The van der Waals surface area contributed by atoms with E-state index in [0.29, 0.717) is 6.04 Å². The van der Waals surface area contributed by atoms with E-state index in [4.69, 9.17) is 0 Å². The second-order valence-electron chi connectivity index (χ2n) is 4.85. The van der Waals surface area contributed by atoms with Crippen molar-refractivity contribution in [1.29, 1.82) is 0 Å². The lowest BCUT2D eigenvalue weighted by molar-refractivity contribution is 0.526. The maximum Gasteiger partial charge on any atom is 0.125 e. The lowest BCUT2D eigenvalue weighted by Crippen LogP contribution is -2.29. The van der Waals surface area contributed by atoms with E-state index in [1.807, 2.05) is 19.2 Å². The van der Waals surface area contributed by atoms with E-state index in [0.717, 1.165) is 30.9 Å². The van der Waals surface area contributed by atoms with Crippen molar-refractivity contribution < 1.29 is 0 Å². The molecule has 0 saturated carbocycles. The minimum Gasteiger partial charge on any atom is -0.308 e. The molecule has 2 aromatic rings. The number of aromatic nitrogens is 2. The summed E-state index contributed by atoms with van der Waals surface area (Å²) in [6.07, 6.45) is 4.07. The first-order valence-electron chi connectivity index (χ1n) is 6.40. The van der Waals surface area contributed by atoms with Crippen LogP contribution in [-0.2, 0) is 19.4 Å². The summed E-state index contributed by atoms with van der Waals surface area (Å²) in [6.45, 7) is 2.75. The maximum absolute atomic E-state index is 4.41. The largest absolute Gasteiger partial charge is 0.308 e. The Hall–Kier alpha value is -1.74. The molecule has 0 bridgehead atoms. The molecule has 0 spiro atoms. The molecule has 1 aliphatic carbocycles. The Bertz CT molecular complexity index is 526. The van der Waals surface area contributed by atoms with Crippen molar-refractivity contribution in [2.24, 2.45) is 0 Å². The molecule has 0 amide bonds. The van der Waals surface area contributed by atoms with Crippen molar-refractivity contribution >= 4 is 0 Å². The minimum absolute atomic E-state index is 0.540. The molecule has 18 heavy (non-hydrogen) atoms. The van der Waals surface area contributed by atoms with E-state index in [9.17, 15) is 0 Å². The molecule has 0 aliphatic heterocycles. The molecular weight excluding hydrogens is 222 g/mol. The summed E-state index contributed by atoms with van der Waals surface area (Å²) in [5, 5.41) is 3.58. The minimum atomic E-state index is 0.540. The third-order valence-electron chi connectivity index (χ3n) is 3.46. The van der Waals surface area contributed by atoms with Crippen LogP contribution < -0.4 is 5.32 Å². The van der Waals surface area contributed by atoms with Gasteiger partial charge in [0.05, 0.1) is 5.69 Å². The van der Waals surface area contributed by atoms with Crippen molar-refractivity contribution in [3.63, 3.8) is 0 Å². The molecule has 92 valence electrons. The third-order valence-corrected chi connectivity index (χ3v) is 3.46. The summed E-state index contributed by atoms with van der Waals surface area (Å²) in [7, 11) is 0. The Morgan fingerprint density at radius 3 is 2.56 bits per heavy atom. The van der Waals surface area contributed by atoms with Gasteiger partial charge >= 0.3 is 0 Å². The molecule has 1 heterocycles. The third kappa shape index (κ3) is 2.41. The number of nitrogens with zero attached hydrogens (tertiary/aromatic N) is 2. The Balaban J connectivity index is 1.60. The molecule has 3 nitrogen and oxygen atoms in total. The number of hydrogen-bond acceptors (Lipinski definition) is 3. The van der Waals surface area contributed by atoms with Gasteiger partial charge in [-0.3, -0.25) is 0 Å². The summed E-state index contributed by atoms with van der Waals surface area (Å²) >= 11 is 0. The van der Waals surface area contributed by atoms with Crippen LogP contribution in [0.4, 0.5) is 0 Å². The highest BCUT2D eigenvalue weighted by Crippen LogP contribution is 2.21. The fourth-order valence-corrected chi connectivity index (χ4v) is 2.56. The lowest BCUT2D eigenvalue weighted by atomic mass is 10.1. The average molecular weight is 239 g/mol. The van der Waals surface area contributed by atoms with Gasteiger partial charge in [-0.25, -0.2) is 9.97 Å². The smallest absolute Gasteiger partial charge is 0.125 e. The summed E-state index contributed by atoms with van der Waals surface area (Å²) < 4.78 is 0. The molecule has 1 N–H and O–H groups in total. The summed E-state index contributed by atoms with van der Waals surface area (Å²) in [4.78, 5) is 8.52. The van der Waals surface area contributed by atoms with E-state index in [1.165, 1.54) is 11.1 Å². The molecular formula is C15H17N3. The van der Waals surface area contributed by atoms with E-state index in [1.54, 1.807) is 0 Å². The fraction of sp³-hybridized carbons (Fsp3) is 0.333. The van der Waals surface area contributed by atoms with Gasteiger partial charge in [-0.05, 0) is 37.0 Å². The predicted octanol–water partition coefficient (Wildman–Crippen LogP) is 2.04. The first kappa shape index (κ1) is 11.4. The van der Waals surface area contributed by atoms with Crippen molar-refractivity contribution in [2.45, 2.75) is 32.4 Å². The number of hydrogen-bond donors (Lipinski definition) is 1. The van der Waals surface area contributed by atoms with Gasteiger partial charge in [0.15, 0.2) is 0 Å². The van der Waals surface area contributed by atoms with Crippen LogP contribution in [0, 0.1) is 6.92 Å². The molecule has 0 unspecified atom stereocenters. The summed E-state index contributed by atoms with van der Waals surface area (Å²) in [6, 6.07) is 11.2. The Morgan fingerprint density at radius 1 is 1.17 bits per heavy atom. The van der Waals surface area contributed by atoms with E-state index in [-0.39, 0.29) is 0 Å². The van der Waals surface area contributed by atoms with Crippen LogP contribution in [-0.4, -0.2) is 16.0 Å². The van der Waals surface area contributed by atoms with Crippen LogP contribution >= 0.6 is 0 Å². The van der Waals surface area contributed by atoms with E-state index in [2.05, 4.69) is 39.6 Å². The molecule has 0 fully saturated rings. The van der Waals surface area contributed by atoms with E-state index >= 15 is 0 Å². The van der Waals surface area contributed by atoms with Crippen LogP contribution in [0.2, 0.25) is 0 Å². The van der Waals surface area contributed by atoms with Crippen LogP contribution in [0.25, 0.3) is 0 Å². The van der Waals surface area contributed by atoms with Gasteiger partial charge in [-0.15, -0.1) is 0 Å². The normalized spacial score (nSPS) is 14.7. The highest BCUT2D eigenvalue weighted by molar-refractivity contribution is 5.33. The molecule has 0 saturated heterocycles. The van der Waals surface area contributed by atoms with Gasteiger partial charge in [0.25, 0.3) is 0 Å². The quantitative estimate of drug-likeness (QED) is 0.890. The Labute approximate surface area is 107 Å². The Morgan fingerprint density at radius 2 is 1.89 bits per heavy atom. The fourth-order valence-electron chi connectivity index (χ4n) is 2.56. The van der Waals surface area contributed by atoms with Crippen molar-refractivity contribution in [1.82, 2.24) is 15.3 Å². The monoisotopic (exact) mass is 239 g/mol. The van der Waals surface area contributed by atoms with Gasteiger partial charge in [0.2, 0.25) is 0 Å². The Kier molecular flexibility index (Phi) is 3.07. The average Bonchev–Trinajstić information content (AvgIpc) is 2.79. The zero-order chi connectivity index (χ0) is 12.4. The molecule has 1 aliphatic rings. The van der Waals surface area contributed by atoms with Gasteiger partial charge < -0.3 is 5.32 Å². The summed E-state index contributed by atoms with van der Waals surface area (Å²) in [5.74, 6) is 0.837. The molecule has 3 rings (SSSR count). The molecule has 3 heteroatoms. The highest BCUT2D eigenvalue weighted by atomic mass is 15.0. The molecule has 1 aromatic carbocycles. The second kappa shape index (κ2) is 4.86. The van der Waals surface area contributed by atoms with E-state index < -0.39 is 0 Å². The number of aryl methyl sites for hydroxylation is 1. The highest BCUT2D eigenvalue weighted by Gasteiger charge is 2.20. The molecule has 1 aromatic heterocycles. The van der Waals surface area contributed by atoms with Gasteiger partial charge in [0, 0.05) is 18.8 Å². The van der Waals surface area contributed by atoms with Crippen molar-refractivity contribution in [2.75, 3.05) is 0 Å². The van der Waals surface area contributed by atoms with Crippen molar-refractivity contribution in [3.8, 4) is 0 Å². The maximum atomic E-state index is 4.41. The SMILES string of the molecule is Cc1nccc(CNC2Cc3ccccc3C2)n1. The zero-order valence-corrected chi connectivity index (χ0v) is 10.6. The standard InChI is InChI=1S/C15H17N3/c1-11-16-7-6-14(18-11)10-17-15-8-12-4-2-3-5-13(12)9-15/h2-7,15,17H,8-10H2,1H3. The van der Waals surface area contributed by atoms with Crippen LogP contribution in [0.5, 0.6) is 0 Å². The van der Waals surface area contributed by atoms with Gasteiger partial charge in [-0.1, -0.05) is 24.3 Å². The number of benzene rings is 1. The predicted molar refractivity (Wildman–Crippen MR) is 71.2 cm³/mol. The number of rotatable bonds is 3. The molecule has 0 radical (unpaired) electrons. The first-order valence-corrected chi connectivity index (χ1v) is 6.40. The zero-order valence-electron chi connectivity index (χ0n) is 10.6. The van der Waals surface area contributed by atoms with Crippen LogP contribution in [0.3, 0.4) is 0 Å². The van der Waals surface area contributed by atoms with Crippen LogP contribution in [0.15, 0.2) is 36.5 Å². The number of nitrogens with one attached hydrogen (secondary N) is 1. The van der Waals surface area contributed by atoms with Gasteiger partial charge in [0.1, 0.15) is 5.82 Å². The topological polar surface area (TPSA) is 37.8 Å². The molecule has 0 atom stereocenters. The lowest BCUT2D eigenvalue weighted by Gasteiger charge is -2.11.